The van der Waals surface area contributed by atoms with Crippen LogP contribution in [-0.2, 0) is 11.8 Å². The number of aromatic nitrogens is 5. The van der Waals surface area contributed by atoms with Crippen LogP contribution in [0.2, 0.25) is 0 Å². The molecule has 1 aromatic carbocycles. The Hall–Kier alpha value is -3.12. The number of aromatic amines is 1. The van der Waals surface area contributed by atoms with Crippen molar-refractivity contribution in [1.29, 1.82) is 0 Å². The summed E-state index contributed by atoms with van der Waals surface area (Å²) in [5.74, 6) is 0. The van der Waals surface area contributed by atoms with E-state index >= 15 is 0 Å². The van der Waals surface area contributed by atoms with Crippen LogP contribution < -0.4 is 0 Å². The van der Waals surface area contributed by atoms with Crippen molar-refractivity contribution in [1.82, 2.24) is 25.1 Å². The van der Waals surface area contributed by atoms with E-state index in [0.29, 0.717) is 0 Å². The van der Waals surface area contributed by atoms with E-state index in [1.165, 1.54) is 5.56 Å². The summed E-state index contributed by atoms with van der Waals surface area (Å²) >= 11 is 1.60. The van der Waals surface area contributed by atoms with Crippen LogP contribution in [0.4, 0.5) is 0 Å². The first-order valence-electron chi connectivity index (χ1n) is 8.34. The lowest BCUT2D eigenvalue weighted by molar-refractivity contribution is 0.598. The fourth-order valence-electron chi connectivity index (χ4n) is 3.60. The van der Waals surface area contributed by atoms with E-state index in [9.17, 15) is 0 Å². The van der Waals surface area contributed by atoms with Gasteiger partial charge in [0.1, 0.15) is 12.0 Å². The minimum atomic E-state index is -0.339. The van der Waals surface area contributed by atoms with Gasteiger partial charge in [0.05, 0.1) is 21.5 Å². The van der Waals surface area contributed by atoms with Crippen LogP contribution in [0.15, 0.2) is 66.7 Å². The highest BCUT2D eigenvalue weighted by Gasteiger charge is 2.37. The first kappa shape index (κ1) is 15.2. The van der Waals surface area contributed by atoms with Gasteiger partial charge >= 0.3 is 0 Å². The van der Waals surface area contributed by atoms with Gasteiger partial charge in [0.2, 0.25) is 0 Å². The van der Waals surface area contributed by atoms with Crippen LogP contribution in [0, 0.1) is 0 Å². The Labute approximate surface area is 154 Å². The first-order chi connectivity index (χ1) is 12.9. The van der Waals surface area contributed by atoms with Crippen molar-refractivity contribution < 1.29 is 0 Å². The molecule has 1 aliphatic carbocycles. The molecule has 0 bridgehead atoms. The zero-order valence-corrected chi connectivity index (χ0v) is 14.6. The molecule has 26 heavy (non-hydrogen) atoms. The lowest BCUT2D eigenvalue weighted by atomic mass is 9.70. The molecule has 126 valence electrons. The van der Waals surface area contributed by atoms with E-state index in [4.69, 9.17) is 0 Å². The Bertz CT molecular complexity index is 1010. The van der Waals surface area contributed by atoms with Crippen LogP contribution in [0.5, 0.6) is 0 Å². The number of rotatable bonds is 3. The molecule has 0 aliphatic heterocycles. The van der Waals surface area contributed by atoms with Gasteiger partial charge in [-0.05, 0) is 11.6 Å². The summed E-state index contributed by atoms with van der Waals surface area (Å²) in [5.41, 5.74) is 6.88. The van der Waals surface area contributed by atoms with Gasteiger partial charge in [-0.2, -0.15) is 5.10 Å². The Kier molecular flexibility index (Phi) is 3.50. The Morgan fingerprint density at radius 2 is 2.00 bits per heavy atom. The molecule has 1 aliphatic rings. The zero-order valence-electron chi connectivity index (χ0n) is 13.8. The summed E-state index contributed by atoms with van der Waals surface area (Å²) in [5, 5.41) is 7.80. The van der Waals surface area contributed by atoms with E-state index < -0.39 is 0 Å². The summed E-state index contributed by atoms with van der Waals surface area (Å²) < 4.78 is 0. The summed E-state index contributed by atoms with van der Waals surface area (Å²) in [6, 6.07) is 12.5. The molecule has 5 nitrogen and oxygen atoms in total. The Balaban J connectivity index is 1.67. The van der Waals surface area contributed by atoms with Crippen LogP contribution in [0.1, 0.15) is 22.5 Å². The zero-order chi connectivity index (χ0) is 17.4. The van der Waals surface area contributed by atoms with Crippen molar-refractivity contribution in [3.8, 4) is 10.6 Å². The molecule has 1 N–H and O–H groups in total. The number of benzene rings is 1. The molecule has 5 rings (SSSR count). The quantitative estimate of drug-likeness (QED) is 0.604. The maximum Gasteiger partial charge on any atom is 0.115 e. The lowest BCUT2D eigenvalue weighted by Gasteiger charge is -2.33. The lowest BCUT2D eigenvalue weighted by Crippen LogP contribution is -2.31. The van der Waals surface area contributed by atoms with Gasteiger partial charge in [0, 0.05) is 30.1 Å². The molecule has 3 heterocycles. The van der Waals surface area contributed by atoms with Crippen LogP contribution in [0.25, 0.3) is 16.6 Å². The van der Waals surface area contributed by atoms with Gasteiger partial charge in [-0.25, -0.2) is 9.97 Å². The van der Waals surface area contributed by atoms with E-state index in [-0.39, 0.29) is 5.41 Å². The Morgan fingerprint density at radius 1 is 1.08 bits per heavy atom. The number of hydrogen-bond donors (Lipinski definition) is 1. The van der Waals surface area contributed by atoms with Crippen molar-refractivity contribution in [3.63, 3.8) is 0 Å². The third-order valence-electron chi connectivity index (χ3n) is 4.87. The molecule has 1 unspecified atom stereocenters. The third-order valence-corrected chi connectivity index (χ3v) is 5.65. The maximum absolute atomic E-state index is 4.58. The van der Waals surface area contributed by atoms with Crippen molar-refractivity contribution in [2.24, 2.45) is 0 Å². The Morgan fingerprint density at radius 3 is 2.77 bits per heavy atom. The molecule has 3 aromatic heterocycles. The molecule has 0 fully saturated rings. The molecule has 0 spiro atoms. The van der Waals surface area contributed by atoms with Gasteiger partial charge in [-0.1, -0.05) is 42.5 Å². The van der Waals surface area contributed by atoms with E-state index in [0.717, 1.165) is 33.9 Å². The first-order valence-corrected chi connectivity index (χ1v) is 9.22. The van der Waals surface area contributed by atoms with Gasteiger partial charge in [-0.3, -0.25) is 10.1 Å². The number of hydrogen-bond acceptors (Lipinski definition) is 5. The molecule has 4 aromatic rings. The third kappa shape index (κ3) is 2.30. The van der Waals surface area contributed by atoms with E-state index in [2.05, 4.69) is 61.6 Å². The minimum absolute atomic E-state index is 0.339. The number of nitrogens with zero attached hydrogens (tertiary/aromatic N) is 4. The molecule has 0 saturated heterocycles. The molecule has 0 radical (unpaired) electrons. The van der Waals surface area contributed by atoms with Crippen LogP contribution in [-0.4, -0.2) is 25.1 Å². The van der Waals surface area contributed by atoms with Crippen molar-refractivity contribution in [2.45, 2.75) is 11.8 Å². The van der Waals surface area contributed by atoms with Gasteiger partial charge in [0.15, 0.2) is 0 Å². The number of nitrogens with one attached hydrogen (secondary N) is 1. The van der Waals surface area contributed by atoms with E-state index in [1.54, 1.807) is 23.9 Å². The summed E-state index contributed by atoms with van der Waals surface area (Å²) in [7, 11) is 0. The topological polar surface area (TPSA) is 67.3 Å². The maximum atomic E-state index is 4.58. The molecule has 6 heteroatoms. The van der Waals surface area contributed by atoms with Gasteiger partial charge in [0.25, 0.3) is 0 Å². The predicted octanol–water partition coefficient (Wildman–Crippen LogP) is 3.88. The molecule has 1 atom stereocenters. The SMILES string of the molecule is C1=CC(c2ccccc2)(c2ccncn2)Cc2[nH]nc(-c3cncs3)c21. The van der Waals surface area contributed by atoms with Gasteiger partial charge in [-0.15, -0.1) is 11.3 Å². The highest BCUT2D eigenvalue weighted by Crippen LogP contribution is 2.42. The minimum Gasteiger partial charge on any atom is -0.281 e. The highest BCUT2D eigenvalue weighted by atomic mass is 32.1. The largest absolute Gasteiger partial charge is 0.281 e. The molecular formula is C20H15N5S. The molecule has 0 saturated carbocycles. The van der Waals surface area contributed by atoms with Crippen molar-refractivity contribution in [3.05, 3.63) is 89.2 Å². The smallest absolute Gasteiger partial charge is 0.115 e. The average molecular weight is 357 g/mol. The summed E-state index contributed by atoms with van der Waals surface area (Å²) in [6.07, 6.45) is 10.4. The van der Waals surface area contributed by atoms with Crippen molar-refractivity contribution >= 4 is 17.4 Å². The van der Waals surface area contributed by atoms with Crippen LogP contribution in [0.3, 0.4) is 0 Å². The highest BCUT2D eigenvalue weighted by molar-refractivity contribution is 7.13. The summed E-state index contributed by atoms with van der Waals surface area (Å²) in [6.45, 7) is 0. The number of H-pyrrole nitrogens is 1. The number of fused-ring (bicyclic) bond motifs is 1. The fourth-order valence-corrected chi connectivity index (χ4v) is 4.22. The second-order valence-electron chi connectivity index (χ2n) is 6.27. The van der Waals surface area contributed by atoms with Crippen molar-refractivity contribution in [2.75, 3.05) is 0 Å². The standard InChI is InChI=1S/C20H15N5S/c1-2-4-14(5-3-1)20(18-7-9-21-12-23-18)8-6-15-16(10-20)24-25-19(15)17-11-22-13-26-17/h1-9,11-13H,10H2,(H,24,25). The predicted molar refractivity (Wildman–Crippen MR) is 102 cm³/mol. The normalized spacial score (nSPS) is 18.6. The van der Waals surface area contributed by atoms with E-state index in [1.807, 2.05) is 23.8 Å². The second kappa shape index (κ2) is 6.00. The average Bonchev–Trinajstić information content (AvgIpc) is 3.38. The van der Waals surface area contributed by atoms with Gasteiger partial charge < -0.3 is 0 Å². The summed E-state index contributed by atoms with van der Waals surface area (Å²) in [4.78, 5) is 13.9. The second-order valence-corrected chi connectivity index (χ2v) is 7.16. The monoisotopic (exact) mass is 357 g/mol. The fraction of sp³-hybridized carbons (Fsp3) is 0.100. The molecular weight excluding hydrogens is 342 g/mol. The molecule has 0 amide bonds. The number of thiazole rings is 1. The number of allylic oxidation sites excluding steroid dienone is 1. The van der Waals surface area contributed by atoms with Crippen LogP contribution >= 0.6 is 11.3 Å².